The third kappa shape index (κ3) is 3.49. The smallest absolute Gasteiger partial charge is 0.226 e. The number of nitrogens with one attached hydrogen (secondary N) is 1. The molecule has 1 heterocycles. The molecule has 1 N–H and O–H groups in total. The Morgan fingerprint density at radius 1 is 1.40 bits per heavy atom. The molecule has 88 valence electrons. The van der Waals surface area contributed by atoms with Crippen LogP contribution in [0.2, 0.25) is 0 Å². The molecule has 0 aromatic heterocycles. The third-order valence-corrected chi connectivity index (χ3v) is 3.06. The summed E-state index contributed by atoms with van der Waals surface area (Å²) in [7, 11) is 0. The molecule has 0 atom stereocenters. The largest absolute Gasteiger partial charge is 0.340 e. The summed E-state index contributed by atoms with van der Waals surface area (Å²) in [5, 5.41) is 3.30. The van der Waals surface area contributed by atoms with E-state index < -0.39 is 0 Å². The summed E-state index contributed by atoms with van der Waals surface area (Å²) in [6.07, 6.45) is 3.06. The van der Waals surface area contributed by atoms with Crippen molar-refractivity contribution < 1.29 is 4.79 Å². The monoisotopic (exact) mass is 212 g/mol. The highest BCUT2D eigenvalue weighted by molar-refractivity contribution is 5.79. The highest BCUT2D eigenvalue weighted by Crippen LogP contribution is 2.17. The molecule has 0 saturated carbocycles. The molecule has 0 radical (unpaired) electrons. The van der Waals surface area contributed by atoms with Gasteiger partial charge in [-0.3, -0.25) is 4.79 Å². The van der Waals surface area contributed by atoms with Crippen molar-refractivity contribution in [3.05, 3.63) is 0 Å². The van der Waals surface area contributed by atoms with Crippen molar-refractivity contribution in [3.63, 3.8) is 0 Å². The quantitative estimate of drug-likeness (QED) is 0.768. The molecule has 15 heavy (non-hydrogen) atoms. The minimum Gasteiger partial charge on any atom is -0.340 e. The summed E-state index contributed by atoms with van der Waals surface area (Å²) in [5.41, 5.74) is 0. The van der Waals surface area contributed by atoms with E-state index in [1.165, 1.54) is 0 Å². The molecule has 1 aliphatic heterocycles. The zero-order valence-corrected chi connectivity index (χ0v) is 10.3. The Kier molecular flexibility index (Phi) is 5.09. The van der Waals surface area contributed by atoms with Crippen LogP contribution >= 0.6 is 0 Å². The van der Waals surface area contributed by atoms with Gasteiger partial charge >= 0.3 is 0 Å². The van der Waals surface area contributed by atoms with Crippen LogP contribution in [0.15, 0.2) is 0 Å². The van der Waals surface area contributed by atoms with Crippen LogP contribution in [-0.4, -0.2) is 36.5 Å². The Labute approximate surface area is 93.2 Å². The molecule has 0 unspecified atom stereocenters. The molecule has 1 fully saturated rings. The van der Waals surface area contributed by atoms with Crippen LogP contribution in [0.25, 0.3) is 0 Å². The van der Waals surface area contributed by atoms with Crippen LogP contribution in [0, 0.1) is 5.92 Å². The molecule has 0 aromatic carbocycles. The van der Waals surface area contributed by atoms with Crippen molar-refractivity contribution in [2.24, 2.45) is 5.92 Å². The van der Waals surface area contributed by atoms with E-state index in [-0.39, 0.29) is 5.92 Å². The summed E-state index contributed by atoms with van der Waals surface area (Å²) in [6.45, 7) is 9.23. The van der Waals surface area contributed by atoms with E-state index in [1.807, 2.05) is 4.90 Å². The van der Waals surface area contributed by atoms with Crippen molar-refractivity contribution in [2.45, 2.75) is 46.1 Å². The van der Waals surface area contributed by atoms with Gasteiger partial charge in [-0.2, -0.15) is 0 Å². The number of piperidine rings is 1. The summed E-state index contributed by atoms with van der Waals surface area (Å²) in [4.78, 5) is 14.3. The maximum Gasteiger partial charge on any atom is 0.226 e. The standard InChI is InChI=1S/C12H24N2O/c1-4-9-14(10(2)3)12(15)11-5-7-13-8-6-11/h10-11,13H,4-9H2,1-3H3. The molecular weight excluding hydrogens is 188 g/mol. The first kappa shape index (κ1) is 12.5. The van der Waals surface area contributed by atoms with Crippen molar-refractivity contribution in [3.8, 4) is 0 Å². The second-order valence-corrected chi connectivity index (χ2v) is 4.65. The molecule has 3 heteroatoms. The topological polar surface area (TPSA) is 32.3 Å². The molecule has 0 spiro atoms. The lowest BCUT2D eigenvalue weighted by Gasteiger charge is -2.32. The first-order valence-electron chi connectivity index (χ1n) is 6.18. The van der Waals surface area contributed by atoms with E-state index in [2.05, 4.69) is 26.1 Å². The van der Waals surface area contributed by atoms with Crippen LogP contribution in [0.5, 0.6) is 0 Å². The lowest BCUT2D eigenvalue weighted by Crippen LogP contribution is -2.44. The summed E-state index contributed by atoms with van der Waals surface area (Å²) < 4.78 is 0. The van der Waals surface area contributed by atoms with Crippen LogP contribution in [0.4, 0.5) is 0 Å². The van der Waals surface area contributed by atoms with Gasteiger partial charge in [0.05, 0.1) is 0 Å². The zero-order chi connectivity index (χ0) is 11.3. The molecule has 1 aliphatic rings. The van der Waals surface area contributed by atoms with Crippen molar-refractivity contribution in [1.29, 1.82) is 0 Å². The average molecular weight is 212 g/mol. The number of hydrogen-bond acceptors (Lipinski definition) is 2. The molecule has 0 aliphatic carbocycles. The van der Waals surface area contributed by atoms with E-state index in [9.17, 15) is 4.79 Å². The SMILES string of the molecule is CCCN(C(=O)C1CCNCC1)C(C)C. The molecule has 1 rings (SSSR count). The second-order valence-electron chi connectivity index (χ2n) is 4.65. The first-order chi connectivity index (χ1) is 7.16. The fourth-order valence-electron chi connectivity index (χ4n) is 2.17. The fraction of sp³-hybridized carbons (Fsp3) is 0.917. The molecule has 0 aromatic rings. The molecular formula is C12H24N2O. The molecule has 0 bridgehead atoms. The number of rotatable bonds is 4. The fourth-order valence-corrected chi connectivity index (χ4v) is 2.17. The predicted octanol–water partition coefficient (Wildman–Crippen LogP) is 1.63. The second kappa shape index (κ2) is 6.11. The number of carbonyl (C=O) groups is 1. The van der Waals surface area contributed by atoms with Crippen LogP contribution < -0.4 is 5.32 Å². The van der Waals surface area contributed by atoms with Gasteiger partial charge in [0.15, 0.2) is 0 Å². The molecule has 1 amide bonds. The summed E-state index contributed by atoms with van der Waals surface area (Å²) >= 11 is 0. The van der Waals surface area contributed by atoms with Gasteiger partial charge in [0.1, 0.15) is 0 Å². The van der Waals surface area contributed by atoms with Gasteiger partial charge < -0.3 is 10.2 Å². The Bertz CT molecular complexity index is 198. The van der Waals surface area contributed by atoms with E-state index in [0.29, 0.717) is 11.9 Å². The van der Waals surface area contributed by atoms with E-state index >= 15 is 0 Å². The van der Waals surface area contributed by atoms with Crippen LogP contribution in [0.1, 0.15) is 40.0 Å². The van der Waals surface area contributed by atoms with Crippen LogP contribution in [0.3, 0.4) is 0 Å². The average Bonchev–Trinajstić information content (AvgIpc) is 2.26. The Hall–Kier alpha value is -0.570. The molecule has 1 saturated heterocycles. The van der Waals surface area contributed by atoms with Gasteiger partial charge in [-0.1, -0.05) is 6.92 Å². The maximum atomic E-state index is 12.2. The highest BCUT2D eigenvalue weighted by Gasteiger charge is 2.26. The Morgan fingerprint density at radius 3 is 2.47 bits per heavy atom. The zero-order valence-electron chi connectivity index (χ0n) is 10.3. The summed E-state index contributed by atoms with van der Waals surface area (Å²) in [6, 6.07) is 0.340. The summed E-state index contributed by atoms with van der Waals surface area (Å²) in [5.74, 6) is 0.633. The minimum absolute atomic E-state index is 0.264. The number of hydrogen-bond donors (Lipinski definition) is 1. The van der Waals surface area contributed by atoms with E-state index in [1.54, 1.807) is 0 Å². The Morgan fingerprint density at radius 2 is 2.00 bits per heavy atom. The highest BCUT2D eigenvalue weighted by atomic mass is 16.2. The lowest BCUT2D eigenvalue weighted by molar-refractivity contribution is -0.138. The maximum absolute atomic E-state index is 12.2. The van der Waals surface area contributed by atoms with Crippen molar-refractivity contribution in [2.75, 3.05) is 19.6 Å². The molecule has 3 nitrogen and oxygen atoms in total. The first-order valence-corrected chi connectivity index (χ1v) is 6.18. The minimum atomic E-state index is 0.264. The van der Waals surface area contributed by atoms with Crippen molar-refractivity contribution in [1.82, 2.24) is 10.2 Å². The number of nitrogens with zero attached hydrogens (tertiary/aromatic N) is 1. The Balaban J connectivity index is 2.53. The van der Waals surface area contributed by atoms with Gasteiger partial charge in [-0.05, 0) is 46.2 Å². The predicted molar refractivity (Wildman–Crippen MR) is 62.7 cm³/mol. The number of amides is 1. The van der Waals surface area contributed by atoms with Gasteiger partial charge in [-0.25, -0.2) is 0 Å². The van der Waals surface area contributed by atoms with Gasteiger partial charge in [-0.15, -0.1) is 0 Å². The van der Waals surface area contributed by atoms with E-state index in [0.717, 1.165) is 38.9 Å². The van der Waals surface area contributed by atoms with Crippen LogP contribution in [-0.2, 0) is 4.79 Å². The normalized spacial score (nSPS) is 18.1. The third-order valence-electron chi connectivity index (χ3n) is 3.06. The van der Waals surface area contributed by atoms with Gasteiger partial charge in [0, 0.05) is 18.5 Å². The van der Waals surface area contributed by atoms with Crippen molar-refractivity contribution >= 4 is 5.91 Å². The lowest BCUT2D eigenvalue weighted by atomic mass is 9.96. The van der Waals surface area contributed by atoms with Gasteiger partial charge in [0.2, 0.25) is 5.91 Å². The number of carbonyl (C=O) groups excluding carboxylic acids is 1. The van der Waals surface area contributed by atoms with E-state index in [4.69, 9.17) is 0 Å². The van der Waals surface area contributed by atoms with Gasteiger partial charge in [0.25, 0.3) is 0 Å².